The monoisotopic (exact) mass is 369 g/mol. The van der Waals surface area contributed by atoms with Gasteiger partial charge >= 0.3 is 0 Å². The summed E-state index contributed by atoms with van der Waals surface area (Å²) in [5.41, 5.74) is 2.27. The fourth-order valence-corrected chi connectivity index (χ4v) is 2.63. The van der Waals surface area contributed by atoms with Crippen molar-refractivity contribution in [1.29, 1.82) is 0 Å². The summed E-state index contributed by atoms with van der Waals surface area (Å²) in [5, 5.41) is 5.87. The summed E-state index contributed by atoms with van der Waals surface area (Å²) in [5.74, 6) is -0.126. The number of methoxy groups -OCH3 is 1. The van der Waals surface area contributed by atoms with E-state index >= 15 is 0 Å². The van der Waals surface area contributed by atoms with Gasteiger partial charge in [0.1, 0.15) is 0 Å². The first-order valence-electron chi connectivity index (χ1n) is 9.12. The lowest BCUT2D eigenvalue weighted by molar-refractivity contribution is -0.119. The zero-order valence-electron chi connectivity index (χ0n) is 15.9. The summed E-state index contributed by atoms with van der Waals surface area (Å²) < 4.78 is 4.94. The molecule has 0 saturated heterocycles. The minimum atomic E-state index is -0.0764. The van der Waals surface area contributed by atoms with Crippen LogP contribution in [0, 0.1) is 0 Å². The summed E-state index contributed by atoms with van der Waals surface area (Å²) in [7, 11) is 1.64. The maximum absolute atomic E-state index is 12.8. The quantitative estimate of drug-likeness (QED) is 0.632. The van der Waals surface area contributed by atoms with Crippen molar-refractivity contribution in [2.75, 3.05) is 43.6 Å². The van der Waals surface area contributed by atoms with E-state index in [4.69, 9.17) is 4.74 Å². The molecular formula is C21H27N3O3. The molecule has 0 fully saturated rings. The highest BCUT2D eigenvalue weighted by molar-refractivity contribution is 6.06. The average Bonchev–Trinajstić information content (AvgIpc) is 2.71. The molecule has 2 N–H and O–H groups in total. The SMILES string of the molecule is CCN(C(=O)c1ccc(NCC(=O)NCCCOC)cc1)c1ccccc1. The summed E-state index contributed by atoms with van der Waals surface area (Å²) >= 11 is 0. The fraction of sp³-hybridized carbons (Fsp3) is 0.333. The Kier molecular flexibility index (Phi) is 8.32. The van der Waals surface area contributed by atoms with Crippen LogP contribution < -0.4 is 15.5 Å². The van der Waals surface area contributed by atoms with Crippen molar-refractivity contribution in [3.63, 3.8) is 0 Å². The number of anilines is 2. The molecule has 0 saturated carbocycles. The van der Waals surface area contributed by atoms with Crippen LogP contribution in [0.25, 0.3) is 0 Å². The number of para-hydroxylation sites is 1. The van der Waals surface area contributed by atoms with Crippen LogP contribution in [0.1, 0.15) is 23.7 Å². The molecule has 27 heavy (non-hydrogen) atoms. The zero-order chi connectivity index (χ0) is 19.5. The van der Waals surface area contributed by atoms with Gasteiger partial charge in [0.2, 0.25) is 5.91 Å². The molecule has 2 rings (SSSR count). The maximum Gasteiger partial charge on any atom is 0.258 e. The van der Waals surface area contributed by atoms with E-state index < -0.39 is 0 Å². The topological polar surface area (TPSA) is 70.7 Å². The predicted molar refractivity (Wildman–Crippen MR) is 108 cm³/mol. The minimum absolute atomic E-state index is 0.0499. The molecular weight excluding hydrogens is 342 g/mol. The van der Waals surface area contributed by atoms with Gasteiger partial charge in [-0.15, -0.1) is 0 Å². The normalized spacial score (nSPS) is 10.3. The van der Waals surface area contributed by atoms with Gasteiger partial charge in [-0.2, -0.15) is 0 Å². The van der Waals surface area contributed by atoms with Crippen molar-refractivity contribution in [2.45, 2.75) is 13.3 Å². The summed E-state index contributed by atoms with van der Waals surface area (Å²) in [4.78, 5) is 26.3. The lowest BCUT2D eigenvalue weighted by Crippen LogP contribution is -2.31. The Morgan fingerprint density at radius 2 is 1.74 bits per heavy atom. The molecule has 2 amide bonds. The van der Waals surface area contributed by atoms with E-state index in [0.29, 0.717) is 25.3 Å². The van der Waals surface area contributed by atoms with Gasteiger partial charge in [0.05, 0.1) is 6.54 Å². The Hall–Kier alpha value is -2.86. The average molecular weight is 369 g/mol. The van der Waals surface area contributed by atoms with Gasteiger partial charge in [0.25, 0.3) is 5.91 Å². The van der Waals surface area contributed by atoms with Gasteiger partial charge in [-0.3, -0.25) is 9.59 Å². The van der Waals surface area contributed by atoms with Crippen molar-refractivity contribution in [1.82, 2.24) is 5.32 Å². The van der Waals surface area contributed by atoms with Crippen molar-refractivity contribution in [3.8, 4) is 0 Å². The Morgan fingerprint density at radius 3 is 2.37 bits per heavy atom. The molecule has 2 aromatic rings. The Labute approximate surface area is 160 Å². The molecule has 0 radical (unpaired) electrons. The highest BCUT2D eigenvalue weighted by atomic mass is 16.5. The summed E-state index contributed by atoms with van der Waals surface area (Å²) in [6.07, 6.45) is 0.786. The highest BCUT2D eigenvalue weighted by Crippen LogP contribution is 2.18. The number of hydrogen-bond donors (Lipinski definition) is 2. The Bertz CT molecular complexity index is 717. The van der Waals surface area contributed by atoms with Crippen molar-refractivity contribution in [2.24, 2.45) is 0 Å². The third kappa shape index (κ3) is 6.42. The number of rotatable bonds is 10. The van der Waals surface area contributed by atoms with Crippen LogP contribution in [0.15, 0.2) is 54.6 Å². The molecule has 144 valence electrons. The molecule has 0 atom stereocenters. The van der Waals surface area contributed by atoms with E-state index in [0.717, 1.165) is 17.8 Å². The standard InChI is InChI=1S/C21H27N3O3/c1-3-24(19-8-5-4-6-9-19)21(26)17-10-12-18(13-11-17)23-16-20(25)22-14-7-15-27-2/h4-6,8-13,23H,3,7,14-16H2,1-2H3,(H,22,25). The number of benzene rings is 2. The summed E-state index contributed by atoms with van der Waals surface area (Å²) in [6.45, 7) is 3.94. The first-order chi connectivity index (χ1) is 13.2. The van der Waals surface area contributed by atoms with E-state index in [1.54, 1.807) is 24.1 Å². The third-order valence-corrected chi connectivity index (χ3v) is 4.06. The van der Waals surface area contributed by atoms with Crippen LogP contribution in [-0.2, 0) is 9.53 Å². The highest BCUT2D eigenvalue weighted by Gasteiger charge is 2.15. The van der Waals surface area contributed by atoms with E-state index in [1.807, 2.05) is 49.4 Å². The van der Waals surface area contributed by atoms with Crippen molar-refractivity contribution < 1.29 is 14.3 Å². The minimum Gasteiger partial charge on any atom is -0.385 e. The molecule has 6 heteroatoms. The molecule has 0 aliphatic heterocycles. The number of nitrogens with zero attached hydrogens (tertiary/aromatic N) is 1. The lowest BCUT2D eigenvalue weighted by Gasteiger charge is -2.21. The second-order valence-electron chi connectivity index (χ2n) is 6.01. The van der Waals surface area contributed by atoms with Gasteiger partial charge in [0.15, 0.2) is 0 Å². The number of carbonyl (C=O) groups excluding carboxylic acids is 2. The van der Waals surface area contributed by atoms with Crippen LogP contribution in [0.2, 0.25) is 0 Å². The Balaban J connectivity index is 1.88. The Morgan fingerprint density at radius 1 is 1.04 bits per heavy atom. The number of ether oxygens (including phenoxy) is 1. The molecule has 0 bridgehead atoms. The van der Waals surface area contributed by atoms with Crippen LogP contribution in [0.3, 0.4) is 0 Å². The maximum atomic E-state index is 12.8. The van der Waals surface area contributed by atoms with E-state index in [-0.39, 0.29) is 18.4 Å². The van der Waals surface area contributed by atoms with E-state index in [2.05, 4.69) is 10.6 Å². The molecule has 0 unspecified atom stereocenters. The predicted octanol–water partition coefficient (Wildman–Crippen LogP) is 2.92. The van der Waals surface area contributed by atoms with Crippen molar-refractivity contribution >= 4 is 23.2 Å². The molecule has 6 nitrogen and oxygen atoms in total. The molecule has 0 heterocycles. The van der Waals surface area contributed by atoms with Gasteiger partial charge in [0, 0.05) is 43.7 Å². The molecule has 0 aromatic heterocycles. The van der Waals surface area contributed by atoms with Gasteiger partial charge in [-0.05, 0) is 49.7 Å². The van der Waals surface area contributed by atoms with Crippen molar-refractivity contribution in [3.05, 3.63) is 60.2 Å². The summed E-state index contributed by atoms with van der Waals surface area (Å²) in [6, 6.07) is 16.8. The fourth-order valence-electron chi connectivity index (χ4n) is 2.63. The molecule has 0 aliphatic rings. The number of hydrogen-bond acceptors (Lipinski definition) is 4. The second kappa shape index (κ2) is 11.0. The first kappa shape index (κ1) is 20.5. The largest absolute Gasteiger partial charge is 0.385 e. The van der Waals surface area contributed by atoms with E-state index in [1.165, 1.54) is 0 Å². The second-order valence-corrected chi connectivity index (χ2v) is 6.01. The lowest BCUT2D eigenvalue weighted by atomic mass is 10.1. The number of carbonyl (C=O) groups is 2. The van der Waals surface area contributed by atoms with Crippen LogP contribution in [0.4, 0.5) is 11.4 Å². The molecule has 2 aromatic carbocycles. The smallest absolute Gasteiger partial charge is 0.258 e. The zero-order valence-corrected chi connectivity index (χ0v) is 15.9. The third-order valence-electron chi connectivity index (χ3n) is 4.06. The van der Waals surface area contributed by atoms with Crippen LogP contribution >= 0.6 is 0 Å². The van der Waals surface area contributed by atoms with Gasteiger partial charge in [-0.1, -0.05) is 18.2 Å². The first-order valence-corrected chi connectivity index (χ1v) is 9.12. The number of nitrogens with one attached hydrogen (secondary N) is 2. The molecule has 0 spiro atoms. The molecule has 0 aliphatic carbocycles. The van der Waals surface area contributed by atoms with E-state index in [9.17, 15) is 9.59 Å². The van der Waals surface area contributed by atoms with Gasteiger partial charge in [-0.25, -0.2) is 0 Å². The number of amides is 2. The van der Waals surface area contributed by atoms with Gasteiger partial charge < -0.3 is 20.3 Å². The van der Waals surface area contributed by atoms with Crippen LogP contribution in [-0.4, -0.2) is 45.2 Å². The van der Waals surface area contributed by atoms with Crippen LogP contribution in [0.5, 0.6) is 0 Å².